The van der Waals surface area contributed by atoms with Crippen LogP contribution in [0.4, 0.5) is 11.4 Å². The standard InChI is InChI=1S/C20H17N3O5/c1-28-18-11-16(23(26)27)8-9-17(18)21-20(25)15-7-10-19(24)22(13-15)12-14-5-3-2-4-6-14/h2-11,13H,12H2,1H3,(H,21,25). The number of hydrogen-bond acceptors (Lipinski definition) is 5. The zero-order chi connectivity index (χ0) is 20.1. The highest BCUT2D eigenvalue weighted by Crippen LogP contribution is 2.29. The van der Waals surface area contributed by atoms with Crippen molar-refractivity contribution in [2.24, 2.45) is 0 Å². The number of nitrogens with zero attached hydrogens (tertiary/aromatic N) is 2. The largest absolute Gasteiger partial charge is 0.494 e. The maximum absolute atomic E-state index is 12.6. The fourth-order valence-electron chi connectivity index (χ4n) is 2.66. The fraction of sp³-hybridized carbons (Fsp3) is 0.100. The van der Waals surface area contributed by atoms with E-state index in [1.54, 1.807) is 0 Å². The maximum atomic E-state index is 12.6. The molecule has 0 saturated heterocycles. The summed E-state index contributed by atoms with van der Waals surface area (Å²) in [6.45, 7) is 0.335. The minimum atomic E-state index is -0.548. The molecule has 8 heteroatoms. The quantitative estimate of drug-likeness (QED) is 0.524. The number of nitro groups is 1. The van der Waals surface area contributed by atoms with Crippen LogP contribution in [0.2, 0.25) is 0 Å². The van der Waals surface area contributed by atoms with Crippen molar-refractivity contribution in [2.45, 2.75) is 6.54 Å². The summed E-state index contributed by atoms with van der Waals surface area (Å²) in [6.07, 6.45) is 1.47. The number of benzene rings is 2. The highest BCUT2D eigenvalue weighted by molar-refractivity contribution is 6.04. The van der Waals surface area contributed by atoms with E-state index in [4.69, 9.17) is 4.74 Å². The molecule has 0 bridgehead atoms. The Kier molecular flexibility index (Phi) is 5.50. The fourth-order valence-corrected chi connectivity index (χ4v) is 2.66. The van der Waals surface area contributed by atoms with Crippen LogP contribution in [0.5, 0.6) is 5.75 Å². The first kappa shape index (κ1) is 18.8. The topological polar surface area (TPSA) is 103 Å². The lowest BCUT2D eigenvalue weighted by molar-refractivity contribution is -0.384. The smallest absolute Gasteiger partial charge is 0.273 e. The number of nitrogens with one attached hydrogen (secondary N) is 1. The van der Waals surface area contributed by atoms with Crippen LogP contribution in [-0.4, -0.2) is 22.5 Å². The van der Waals surface area contributed by atoms with Gasteiger partial charge in [-0.25, -0.2) is 0 Å². The lowest BCUT2D eigenvalue weighted by Gasteiger charge is -2.11. The molecule has 1 aromatic heterocycles. The Hall–Kier alpha value is -3.94. The summed E-state index contributed by atoms with van der Waals surface area (Å²) in [4.78, 5) is 35.0. The number of nitro benzene ring substituents is 1. The number of non-ortho nitro benzene ring substituents is 1. The third-order valence-corrected chi connectivity index (χ3v) is 4.09. The molecule has 0 radical (unpaired) electrons. The summed E-state index contributed by atoms with van der Waals surface area (Å²) >= 11 is 0. The number of carbonyl (C=O) groups excluding carboxylic acids is 1. The van der Waals surface area contributed by atoms with Gasteiger partial charge in [-0.3, -0.25) is 19.7 Å². The highest BCUT2D eigenvalue weighted by Gasteiger charge is 2.15. The number of carbonyl (C=O) groups is 1. The summed E-state index contributed by atoms with van der Waals surface area (Å²) < 4.78 is 6.56. The summed E-state index contributed by atoms with van der Waals surface area (Å²) in [5.41, 5.74) is 1.12. The van der Waals surface area contributed by atoms with Crippen LogP contribution in [0.15, 0.2) is 71.7 Å². The number of ether oxygens (including phenoxy) is 1. The van der Waals surface area contributed by atoms with E-state index in [9.17, 15) is 19.7 Å². The molecule has 1 amide bonds. The number of hydrogen-bond donors (Lipinski definition) is 1. The van der Waals surface area contributed by atoms with Gasteiger partial charge in [-0.2, -0.15) is 0 Å². The maximum Gasteiger partial charge on any atom is 0.273 e. The van der Waals surface area contributed by atoms with Crippen LogP contribution in [0.3, 0.4) is 0 Å². The Morgan fingerprint density at radius 3 is 2.57 bits per heavy atom. The first-order valence-corrected chi connectivity index (χ1v) is 8.36. The zero-order valence-corrected chi connectivity index (χ0v) is 15.0. The Morgan fingerprint density at radius 1 is 1.14 bits per heavy atom. The van der Waals surface area contributed by atoms with E-state index in [2.05, 4.69) is 5.32 Å². The van der Waals surface area contributed by atoms with Crippen molar-refractivity contribution in [3.63, 3.8) is 0 Å². The molecule has 0 aliphatic rings. The minimum Gasteiger partial charge on any atom is -0.494 e. The Balaban J connectivity index is 1.84. The lowest BCUT2D eigenvalue weighted by atomic mass is 10.2. The molecule has 0 fully saturated rings. The Morgan fingerprint density at radius 2 is 1.89 bits per heavy atom. The second-order valence-electron chi connectivity index (χ2n) is 5.97. The lowest BCUT2D eigenvalue weighted by Crippen LogP contribution is -2.22. The molecule has 0 aliphatic heterocycles. The Bertz CT molecular complexity index is 1080. The number of aromatic nitrogens is 1. The van der Waals surface area contributed by atoms with E-state index < -0.39 is 10.8 Å². The molecular weight excluding hydrogens is 362 g/mol. The molecule has 8 nitrogen and oxygen atoms in total. The first-order chi connectivity index (χ1) is 13.5. The predicted octanol–water partition coefficient (Wildman–Crippen LogP) is 3.07. The van der Waals surface area contributed by atoms with Crippen molar-refractivity contribution < 1.29 is 14.5 Å². The average Bonchev–Trinajstić information content (AvgIpc) is 2.70. The van der Waals surface area contributed by atoms with Crippen molar-refractivity contribution in [1.29, 1.82) is 0 Å². The van der Waals surface area contributed by atoms with Crippen LogP contribution in [0.25, 0.3) is 0 Å². The molecule has 0 atom stereocenters. The van der Waals surface area contributed by atoms with E-state index in [1.807, 2.05) is 30.3 Å². The molecule has 0 saturated carbocycles. The molecule has 0 spiro atoms. The van der Waals surface area contributed by atoms with Gasteiger partial charge >= 0.3 is 0 Å². The number of methoxy groups -OCH3 is 1. The third kappa shape index (κ3) is 4.24. The van der Waals surface area contributed by atoms with Crippen molar-refractivity contribution >= 4 is 17.3 Å². The molecule has 3 aromatic rings. The predicted molar refractivity (Wildman–Crippen MR) is 104 cm³/mol. The molecule has 2 aromatic carbocycles. The van der Waals surface area contributed by atoms with E-state index in [0.717, 1.165) is 5.56 Å². The molecule has 1 heterocycles. The van der Waals surface area contributed by atoms with Crippen molar-refractivity contribution in [1.82, 2.24) is 4.57 Å². The molecule has 3 rings (SSSR count). The van der Waals surface area contributed by atoms with Gasteiger partial charge in [-0.1, -0.05) is 30.3 Å². The normalized spacial score (nSPS) is 10.3. The molecule has 28 heavy (non-hydrogen) atoms. The summed E-state index contributed by atoms with van der Waals surface area (Å²) in [5.74, 6) is -0.297. The number of anilines is 1. The zero-order valence-electron chi connectivity index (χ0n) is 15.0. The van der Waals surface area contributed by atoms with Gasteiger partial charge in [0.25, 0.3) is 17.2 Å². The van der Waals surface area contributed by atoms with Gasteiger partial charge in [0.2, 0.25) is 0 Å². The molecule has 0 aliphatic carbocycles. The summed E-state index contributed by atoms with van der Waals surface area (Å²) in [5, 5.41) is 13.5. The van der Waals surface area contributed by atoms with Crippen LogP contribution >= 0.6 is 0 Å². The van der Waals surface area contributed by atoms with Gasteiger partial charge in [0.15, 0.2) is 0 Å². The van der Waals surface area contributed by atoms with Crippen LogP contribution in [0, 0.1) is 10.1 Å². The van der Waals surface area contributed by atoms with Crippen molar-refractivity contribution in [3.05, 3.63) is 98.5 Å². The van der Waals surface area contributed by atoms with Gasteiger partial charge in [0.1, 0.15) is 5.75 Å². The average molecular weight is 379 g/mol. The summed E-state index contributed by atoms with van der Waals surface area (Å²) in [7, 11) is 1.36. The van der Waals surface area contributed by atoms with Gasteiger partial charge in [0.05, 0.1) is 35.9 Å². The SMILES string of the molecule is COc1cc([N+](=O)[O-])ccc1NC(=O)c1ccc(=O)n(Cc2ccccc2)c1. The molecular formula is C20H17N3O5. The van der Waals surface area contributed by atoms with Gasteiger partial charge in [0, 0.05) is 18.3 Å². The van der Waals surface area contributed by atoms with E-state index >= 15 is 0 Å². The third-order valence-electron chi connectivity index (χ3n) is 4.09. The van der Waals surface area contributed by atoms with Gasteiger partial charge in [-0.15, -0.1) is 0 Å². The van der Waals surface area contributed by atoms with Crippen LogP contribution < -0.4 is 15.6 Å². The number of amides is 1. The highest BCUT2D eigenvalue weighted by atomic mass is 16.6. The second kappa shape index (κ2) is 8.17. The number of rotatable bonds is 6. The van der Waals surface area contributed by atoms with Gasteiger partial charge in [-0.05, 0) is 17.7 Å². The minimum absolute atomic E-state index is 0.147. The number of pyridine rings is 1. The first-order valence-electron chi connectivity index (χ1n) is 8.36. The summed E-state index contributed by atoms with van der Waals surface area (Å²) in [6, 6.07) is 16.1. The van der Waals surface area contributed by atoms with E-state index in [-0.39, 0.29) is 22.6 Å². The van der Waals surface area contributed by atoms with Crippen LogP contribution in [0.1, 0.15) is 15.9 Å². The van der Waals surface area contributed by atoms with Gasteiger partial charge < -0.3 is 14.6 Å². The molecule has 1 N–H and O–H groups in total. The van der Waals surface area contributed by atoms with E-state index in [0.29, 0.717) is 12.2 Å². The second-order valence-corrected chi connectivity index (χ2v) is 5.97. The van der Waals surface area contributed by atoms with Crippen LogP contribution in [-0.2, 0) is 6.54 Å². The molecule has 0 unspecified atom stereocenters. The van der Waals surface area contributed by atoms with Crippen molar-refractivity contribution in [3.8, 4) is 5.75 Å². The monoisotopic (exact) mass is 379 g/mol. The van der Waals surface area contributed by atoms with E-state index in [1.165, 1.54) is 48.2 Å². The Labute approximate surface area is 160 Å². The van der Waals surface area contributed by atoms with Crippen molar-refractivity contribution in [2.75, 3.05) is 12.4 Å². The molecule has 142 valence electrons.